The molecule has 0 saturated heterocycles. The summed E-state index contributed by atoms with van der Waals surface area (Å²) < 4.78 is 11.5. The van der Waals surface area contributed by atoms with Gasteiger partial charge in [-0.1, -0.05) is 11.3 Å². The third-order valence-electron chi connectivity index (χ3n) is 3.28. The van der Waals surface area contributed by atoms with Crippen LogP contribution in [0.2, 0.25) is 0 Å². The molecule has 0 saturated carbocycles. The van der Waals surface area contributed by atoms with E-state index in [0.717, 1.165) is 0 Å². The Bertz CT molecular complexity index is 979. The van der Waals surface area contributed by atoms with Crippen LogP contribution in [-0.2, 0) is 0 Å². The van der Waals surface area contributed by atoms with E-state index in [1.54, 1.807) is 19.1 Å². The van der Waals surface area contributed by atoms with Crippen LogP contribution in [0.5, 0.6) is 11.5 Å². The van der Waals surface area contributed by atoms with Gasteiger partial charge in [-0.3, -0.25) is 9.59 Å². The molecule has 1 amide bonds. The second-order valence-corrected chi connectivity index (χ2v) is 5.98. The number of hydrogen-bond acceptors (Lipinski definition) is 7. The van der Waals surface area contributed by atoms with E-state index in [1.165, 1.54) is 42.3 Å². The summed E-state index contributed by atoms with van der Waals surface area (Å²) in [5.74, 6) is 0.475. The van der Waals surface area contributed by atoms with Gasteiger partial charge >= 0.3 is 0 Å². The van der Waals surface area contributed by atoms with E-state index >= 15 is 0 Å². The molecule has 0 bridgehead atoms. The van der Waals surface area contributed by atoms with E-state index in [0.29, 0.717) is 27.0 Å². The van der Waals surface area contributed by atoms with E-state index in [4.69, 9.17) is 9.47 Å². The molecule has 8 nitrogen and oxygen atoms in total. The summed E-state index contributed by atoms with van der Waals surface area (Å²) in [5.41, 5.74) is -0.0534. The number of fused-ring (bicyclic) bond motifs is 1. The molecule has 0 atom stereocenters. The lowest BCUT2D eigenvalue weighted by molar-refractivity contribution is 0.102. The number of amides is 1. The number of carbonyl (C=O) groups excluding carboxylic acids is 1. The van der Waals surface area contributed by atoms with Crippen LogP contribution in [0, 0.1) is 6.92 Å². The number of nitrogens with zero attached hydrogens (tertiary/aromatic N) is 3. The van der Waals surface area contributed by atoms with Crippen molar-refractivity contribution < 1.29 is 14.3 Å². The maximum Gasteiger partial charge on any atom is 0.298 e. The molecule has 2 heterocycles. The Balaban J connectivity index is 1.92. The van der Waals surface area contributed by atoms with Gasteiger partial charge in [0.05, 0.1) is 20.4 Å². The number of anilines is 1. The first-order valence-corrected chi connectivity index (χ1v) is 7.74. The molecule has 124 valence electrons. The molecular formula is C15H14N4O4S. The lowest BCUT2D eigenvalue weighted by Gasteiger charge is -2.09. The molecule has 0 fully saturated rings. The van der Waals surface area contributed by atoms with Crippen molar-refractivity contribution in [1.82, 2.24) is 14.6 Å². The Hall–Kier alpha value is -2.94. The number of nitrogens with one attached hydrogen (secondary N) is 1. The maximum absolute atomic E-state index is 12.4. The molecule has 0 aliphatic rings. The summed E-state index contributed by atoms with van der Waals surface area (Å²) in [7, 11) is 2.99. The Kier molecular flexibility index (Phi) is 4.17. The Labute approximate surface area is 140 Å². The van der Waals surface area contributed by atoms with Crippen molar-refractivity contribution in [3.8, 4) is 11.5 Å². The molecule has 0 aliphatic heterocycles. The van der Waals surface area contributed by atoms with Gasteiger partial charge in [0.25, 0.3) is 11.5 Å². The first-order chi connectivity index (χ1) is 11.5. The number of ether oxygens (including phenoxy) is 2. The van der Waals surface area contributed by atoms with Crippen LogP contribution in [0.3, 0.4) is 0 Å². The molecule has 0 aliphatic carbocycles. The molecule has 0 spiro atoms. The number of aromatic nitrogens is 3. The minimum Gasteiger partial charge on any atom is -0.493 e. The first-order valence-electron chi connectivity index (χ1n) is 6.92. The van der Waals surface area contributed by atoms with E-state index in [1.807, 2.05) is 0 Å². The fourth-order valence-electron chi connectivity index (χ4n) is 2.14. The topological polar surface area (TPSA) is 94.8 Å². The second-order valence-electron chi connectivity index (χ2n) is 4.82. The number of benzene rings is 1. The summed E-state index contributed by atoms with van der Waals surface area (Å²) in [6.07, 6.45) is 1.33. The predicted molar refractivity (Wildman–Crippen MR) is 89.4 cm³/mol. The van der Waals surface area contributed by atoms with E-state index in [2.05, 4.69) is 15.4 Å². The minimum atomic E-state index is -0.457. The van der Waals surface area contributed by atoms with E-state index in [-0.39, 0.29) is 5.69 Å². The SMILES string of the molecule is COc1ccc(C(=O)Nc2cnc3sc(C)nn3c2=O)cc1OC. The number of hydrogen-bond donors (Lipinski definition) is 1. The molecule has 2 aromatic heterocycles. The van der Waals surface area contributed by atoms with Crippen LogP contribution in [0.4, 0.5) is 5.69 Å². The standard InChI is InChI=1S/C15H14N4O4S/c1-8-18-19-14(21)10(7-16-15(19)24-8)17-13(20)9-4-5-11(22-2)12(6-9)23-3/h4-7H,1-3H3,(H,17,20). The normalized spacial score (nSPS) is 10.6. The molecule has 1 aromatic carbocycles. The summed E-state index contributed by atoms with van der Waals surface area (Å²) in [6.45, 7) is 1.78. The Morgan fingerprint density at radius 1 is 1.25 bits per heavy atom. The molecule has 1 N–H and O–H groups in total. The number of rotatable bonds is 4. The maximum atomic E-state index is 12.4. The van der Waals surface area contributed by atoms with Crippen molar-refractivity contribution in [2.45, 2.75) is 6.92 Å². The fraction of sp³-hybridized carbons (Fsp3) is 0.200. The fourth-order valence-corrected chi connectivity index (χ4v) is 2.84. The first kappa shape index (κ1) is 15.9. The second kappa shape index (κ2) is 6.28. The lowest BCUT2D eigenvalue weighted by Crippen LogP contribution is -2.23. The Morgan fingerprint density at radius 3 is 2.71 bits per heavy atom. The van der Waals surface area contributed by atoms with Gasteiger partial charge in [0, 0.05) is 5.56 Å². The van der Waals surface area contributed by atoms with Gasteiger partial charge in [-0.05, 0) is 25.1 Å². The zero-order valence-corrected chi connectivity index (χ0v) is 14.0. The highest BCUT2D eigenvalue weighted by atomic mass is 32.1. The van der Waals surface area contributed by atoms with Crippen LogP contribution >= 0.6 is 11.3 Å². The average Bonchev–Trinajstić information content (AvgIpc) is 2.98. The smallest absolute Gasteiger partial charge is 0.298 e. The molecule has 3 rings (SSSR count). The van der Waals surface area contributed by atoms with Gasteiger partial charge in [0.2, 0.25) is 4.96 Å². The van der Waals surface area contributed by atoms with Crippen molar-refractivity contribution in [2.75, 3.05) is 19.5 Å². The Morgan fingerprint density at radius 2 is 2.00 bits per heavy atom. The van der Waals surface area contributed by atoms with Gasteiger partial charge in [-0.25, -0.2) is 4.98 Å². The van der Waals surface area contributed by atoms with E-state index in [9.17, 15) is 9.59 Å². The summed E-state index contributed by atoms with van der Waals surface area (Å²) >= 11 is 1.30. The van der Waals surface area contributed by atoms with Gasteiger partial charge < -0.3 is 14.8 Å². The van der Waals surface area contributed by atoms with Crippen molar-refractivity contribution >= 4 is 27.9 Å². The largest absolute Gasteiger partial charge is 0.493 e. The van der Waals surface area contributed by atoms with Gasteiger partial charge in [-0.15, -0.1) is 0 Å². The van der Waals surface area contributed by atoms with Crippen LogP contribution in [0.1, 0.15) is 15.4 Å². The third kappa shape index (κ3) is 2.81. The molecule has 0 radical (unpaired) electrons. The molecule has 9 heteroatoms. The van der Waals surface area contributed by atoms with Crippen molar-refractivity contribution in [3.05, 3.63) is 45.3 Å². The average molecular weight is 346 g/mol. The van der Waals surface area contributed by atoms with Gasteiger partial charge in [0.1, 0.15) is 10.7 Å². The monoisotopic (exact) mass is 346 g/mol. The molecule has 3 aromatic rings. The zero-order chi connectivity index (χ0) is 17.3. The van der Waals surface area contributed by atoms with Crippen molar-refractivity contribution in [3.63, 3.8) is 0 Å². The predicted octanol–water partition coefficient (Wildman–Crippen LogP) is 1.73. The third-order valence-corrected chi connectivity index (χ3v) is 4.12. The highest BCUT2D eigenvalue weighted by Crippen LogP contribution is 2.27. The van der Waals surface area contributed by atoms with Gasteiger partial charge in [-0.2, -0.15) is 9.61 Å². The molecule has 0 unspecified atom stereocenters. The van der Waals surface area contributed by atoms with Crippen molar-refractivity contribution in [2.24, 2.45) is 0 Å². The number of methoxy groups -OCH3 is 2. The van der Waals surface area contributed by atoms with Crippen molar-refractivity contribution in [1.29, 1.82) is 0 Å². The zero-order valence-electron chi connectivity index (χ0n) is 13.2. The van der Waals surface area contributed by atoms with Crippen LogP contribution in [0.15, 0.2) is 29.2 Å². The lowest BCUT2D eigenvalue weighted by atomic mass is 10.2. The minimum absolute atomic E-state index is 0.0533. The van der Waals surface area contributed by atoms with E-state index < -0.39 is 11.5 Å². The van der Waals surface area contributed by atoms with Gasteiger partial charge in [0.15, 0.2) is 11.5 Å². The number of aryl methyl sites for hydroxylation is 1. The summed E-state index contributed by atoms with van der Waals surface area (Å²) in [6, 6.07) is 4.73. The molecular weight excluding hydrogens is 332 g/mol. The molecule has 24 heavy (non-hydrogen) atoms. The summed E-state index contributed by atoms with van der Waals surface area (Å²) in [5, 5.41) is 7.34. The quantitative estimate of drug-likeness (QED) is 0.773. The summed E-state index contributed by atoms with van der Waals surface area (Å²) in [4.78, 5) is 29.3. The number of carbonyl (C=O) groups is 1. The highest BCUT2D eigenvalue weighted by Gasteiger charge is 2.14. The van der Waals surface area contributed by atoms with Crippen LogP contribution in [0.25, 0.3) is 4.96 Å². The van der Waals surface area contributed by atoms with Crippen LogP contribution in [-0.4, -0.2) is 34.7 Å². The highest BCUT2D eigenvalue weighted by molar-refractivity contribution is 7.16. The van der Waals surface area contributed by atoms with Crippen LogP contribution < -0.4 is 20.3 Å².